The topological polar surface area (TPSA) is 26.3 Å². The highest BCUT2D eigenvalue weighted by Gasteiger charge is 2.09. The molecule has 1 aromatic carbocycles. The minimum atomic E-state index is -0.0632. The van der Waals surface area contributed by atoms with Crippen molar-refractivity contribution in [2.45, 2.75) is 32.1 Å². The molecule has 0 fully saturated rings. The van der Waals surface area contributed by atoms with Gasteiger partial charge in [0, 0.05) is 6.42 Å². The largest absolute Gasteiger partial charge is 0.466 e. The fourth-order valence-electron chi connectivity index (χ4n) is 1.96. The molecular weight excluding hydrogens is 188 g/mol. The standard InChI is InChI=1S/C13H16O2/c14-13-9-8-12-6-2-1-5-11(12)7-3-4-10-15-13/h1-2,5-6H,3-4,7-10H2. The van der Waals surface area contributed by atoms with Gasteiger partial charge in [0.1, 0.15) is 0 Å². The Hall–Kier alpha value is -1.31. The lowest BCUT2D eigenvalue weighted by Crippen LogP contribution is -2.10. The molecule has 0 N–H and O–H groups in total. The molecule has 80 valence electrons. The van der Waals surface area contributed by atoms with Crippen LogP contribution in [-0.4, -0.2) is 12.6 Å². The van der Waals surface area contributed by atoms with Crippen LogP contribution in [0.5, 0.6) is 0 Å². The number of hydrogen-bond donors (Lipinski definition) is 0. The minimum absolute atomic E-state index is 0.0632. The third kappa shape index (κ3) is 2.82. The van der Waals surface area contributed by atoms with Crippen molar-refractivity contribution in [3.05, 3.63) is 35.4 Å². The van der Waals surface area contributed by atoms with Crippen molar-refractivity contribution in [2.24, 2.45) is 0 Å². The van der Waals surface area contributed by atoms with E-state index in [1.54, 1.807) is 0 Å². The number of rotatable bonds is 0. The zero-order valence-corrected chi connectivity index (χ0v) is 8.87. The van der Waals surface area contributed by atoms with Gasteiger partial charge in [0.25, 0.3) is 0 Å². The van der Waals surface area contributed by atoms with E-state index < -0.39 is 0 Å². The van der Waals surface area contributed by atoms with Crippen LogP contribution in [0.25, 0.3) is 0 Å². The van der Waals surface area contributed by atoms with Gasteiger partial charge in [-0.25, -0.2) is 0 Å². The number of ether oxygens (including phenoxy) is 1. The lowest BCUT2D eigenvalue weighted by molar-refractivity contribution is -0.143. The monoisotopic (exact) mass is 204 g/mol. The Morgan fingerprint density at radius 3 is 2.47 bits per heavy atom. The summed E-state index contributed by atoms with van der Waals surface area (Å²) in [7, 11) is 0. The van der Waals surface area contributed by atoms with Crippen LogP contribution < -0.4 is 0 Å². The molecule has 1 aromatic rings. The second-order valence-corrected chi connectivity index (χ2v) is 3.95. The Balaban J connectivity index is 2.15. The van der Waals surface area contributed by atoms with Gasteiger partial charge >= 0.3 is 5.97 Å². The van der Waals surface area contributed by atoms with E-state index in [0.29, 0.717) is 13.0 Å². The second-order valence-electron chi connectivity index (χ2n) is 3.95. The maximum Gasteiger partial charge on any atom is 0.306 e. The van der Waals surface area contributed by atoms with E-state index in [9.17, 15) is 4.79 Å². The Bertz CT molecular complexity index is 344. The van der Waals surface area contributed by atoms with Gasteiger partial charge in [-0.2, -0.15) is 0 Å². The van der Waals surface area contributed by atoms with E-state index in [1.165, 1.54) is 11.1 Å². The van der Waals surface area contributed by atoms with Crippen molar-refractivity contribution in [1.82, 2.24) is 0 Å². The Morgan fingerprint density at radius 2 is 1.67 bits per heavy atom. The van der Waals surface area contributed by atoms with Gasteiger partial charge in [0.2, 0.25) is 0 Å². The number of cyclic esters (lactones) is 1. The van der Waals surface area contributed by atoms with Crippen molar-refractivity contribution in [3.8, 4) is 0 Å². The van der Waals surface area contributed by atoms with Crippen LogP contribution in [0.1, 0.15) is 30.4 Å². The van der Waals surface area contributed by atoms with Crippen LogP contribution in [0.3, 0.4) is 0 Å². The molecule has 0 atom stereocenters. The first-order valence-corrected chi connectivity index (χ1v) is 5.58. The number of benzene rings is 1. The number of carbonyl (C=O) groups is 1. The van der Waals surface area contributed by atoms with E-state index in [-0.39, 0.29) is 5.97 Å². The summed E-state index contributed by atoms with van der Waals surface area (Å²) >= 11 is 0. The summed E-state index contributed by atoms with van der Waals surface area (Å²) in [6, 6.07) is 8.39. The maximum absolute atomic E-state index is 11.3. The van der Waals surface area contributed by atoms with E-state index in [1.807, 2.05) is 6.07 Å². The molecular formula is C13H16O2. The SMILES string of the molecule is O=C1CCc2ccccc2CCCCO1. The van der Waals surface area contributed by atoms with Crippen LogP contribution >= 0.6 is 0 Å². The predicted octanol–water partition coefficient (Wildman–Crippen LogP) is 2.50. The molecule has 0 saturated heterocycles. The number of fused-ring (bicyclic) bond motifs is 1. The molecule has 0 radical (unpaired) electrons. The highest BCUT2D eigenvalue weighted by molar-refractivity contribution is 5.69. The van der Waals surface area contributed by atoms with Gasteiger partial charge in [-0.1, -0.05) is 24.3 Å². The summed E-state index contributed by atoms with van der Waals surface area (Å²) < 4.78 is 5.09. The molecule has 0 unspecified atom stereocenters. The van der Waals surface area contributed by atoms with Gasteiger partial charge in [0.05, 0.1) is 6.61 Å². The average molecular weight is 204 g/mol. The normalized spacial score (nSPS) is 17.7. The zero-order chi connectivity index (χ0) is 10.5. The highest BCUT2D eigenvalue weighted by Crippen LogP contribution is 2.15. The molecule has 2 heteroatoms. The fourth-order valence-corrected chi connectivity index (χ4v) is 1.96. The van der Waals surface area contributed by atoms with Crippen LogP contribution in [-0.2, 0) is 22.4 Å². The van der Waals surface area contributed by atoms with Crippen LogP contribution in [0.15, 0.2) is 24.3 Å². The molecule has 0 aromatic heterocycles. The molecule has 0 spiro atoms. The zero-order valence-electron chi connectivity index (χ0n) is 8.87. The molecule has 1 heterocycles. The summed E-state index contributed by atoms with van der Waals surface area (Å²) in [5.74, 6) is -0.0632. The van der Waals surface area contributed by atoms with E-state index >= 15 is 0 Å². The number of carbonyl (C=O) groups excluding carboxylic acids is 1. The summed E-state index contributed by atoms with van der Waals surface area (Å²) in [5.41, 5.74) is 2.70. The molecule has 0 amide bonds. The lowest BCUT2D eigenvalue weighted by Gasteiger charge is -2.12. The van der Waals surface area contributed by atoms with Crippen molar-refractivity contribution in [3.63, 3.8) is 0 Å². The summed E-state index contributed by atoms with van der Waals surface area (Å²) in [4.78, 5) is 11.3. The van der Waals surface area contributed by atoms with Gasteiger partial charge in [0.15, 0.2) is 0 Å². The van der Waals surface area contributed by atoms with Gasteiger partial charge in [-0.05, 0) is 36.8 Å². The van der Waals surface area contributed by atoms with Crippen LogP contribution in [0.4, 0.5) is 0 Å². The first-order valence-electron chi connectivity index (χ1n) is 5.58. The van der Waals surface area contributed by atoms with Crippen molar-refractivity contribution < 1.29 is 9.53 Å². The van der Waals surface area contributed by atoms with Gasteiger partial charge in [-0.15, -0.1) is 0 Å². The fraction of sp³-hybridized carbons (Fsp3) is 0.462. The summed E-state index contributed by atoms with van der Waals surface area (Å²) in [6.07, 6.45) is 4.50. The first-order chi connectivity index (χ1) is 7.36. The van der Waals surface area contributed by atoms with Crippen molar-refractivity contribution in [2.75, 3.05) is 6.61 Å². The maximum atomic E-state index is 11.3. The minimum Gasteiger partial charge on any atom is -0.466 e. The van der Waals surface area contributed by atoms with Gasteiger partial charge in [-0.3, -0.25) is 4.79 Å². The molecule has 0 saturated carbocycles. The molecule has 1 aliphatic heterocycles. The predicted molar refractivity (Wildman–Crippen MR) is 58.7 cm³/mol. The molecule has 15 heavy (non-hydrogen) atoms. The van der Waals surface area contributed by atoms with Crippen molar-refractivity contribution >= 4 is 5.97 Å². The van der Waals surface area contributed by atoms with Crippen LogP contribution in [0.2, 0.25) is 0 Å². The van der Waals surface area contributed by atoms with E-state index in [4.69, 9.17) is 4.74 Å². The smallest absolute Gasteiger partial charge is 0.306 e. The molecule has 1 aliphatic rings. The van der Waals surface area contributed by atoms with Gasteiger partial charge < -0.3 is 4.74 Å². The quantitative estimate of drug-likeness (QED) is 0.607. The summed E-state index contributed by atoms with van der Waals surface area (Å²) in [5, 5.41) is 0. The summed E-state index contributed by atoms with van der Waals surface area (Å²) in [6.45, 7) is 0.584. The third-order valence-electron chi connectivity index (χ3n) is 2.82. The molecule has 2 rings (SSSR count). The van der Waals surface area contributed by atoms with Crippen LogP contribution in [0, 0.1) is 0 Å². The lowest BCUT2D eigenvalue weighted by atomic mass is 9.98. The van der Waals surface area contributed by atoms with E-state index in [0.717, 1.165) is 25.7 Å². The average Bonchev–Trinajstić information content (AvgIpc) is 2.27. The van der Waals surface area contributed by atoms with E-state index in [2.05, 4.69) is 18.2 Å². The number of hydrogen-bond acceptors (Lipinski definition) is 2. The number of aryl methyl sites for hydroxylation is 2. The molecule has 2 nitrogen and oxygen atoms in total. The Kier molecular flexibility index (Phi) is 3.38. The number of esters is 1. The molecule has 0 aliphatic carbocycles. The Labute approximate surface area is 90.3 Å². The first kappa shape index (κ1) is 10.2. The second kappa shape index (κ2) is 4.96. The molecule has 0 bridgehead atoms. The third-order valence-corrected chi connectivity index (χ3v) is 2.82. The van der Waals surface area contributed by atoms with Crippen molar-refractivity contribution in [1.29, 1.82) is 0 Å². The highest BCUT2D eigenvalue weighted by atomic mass is 16.5. The Morgan fingerprint density at radius 1 is 0.933 bits per heavy atom.